The number of carbonyl (C=O) groups is 1. The fourth-order valence-electron chi connectivity index (χ4n) is 3.00. The molecular weight excluding hydrogens is 240 g/mol. The van der Waals surface area contributed by atoms with E-state index in [4.69, 9.17) is 0 Å². The molecule has 19 heavy (non-hydrogen) atoms. The third-order valence-corrected chi connectivity index (χ3v) is 4.28. The van der Waals surface area contributed by atoms with Gasteiger partial charge in [0.15, 0.2) is 0 Å². The van der Waals surface area contributed by atoms with Crippen molar-refractivity contribution >= 4 is 5.91 Å². The third-order valence-electron chi connectivity index (χ3n) is 4.28. The zero-order valence-corrected chi connectivity index (χ0v) is 12.2. The van der Waals surface area contributed by atoms with Crippen LogP contribution in [0.5, 0.6) is 0 Å². The molecule has 0 aromatic carbocycles. The molecule has 0 radical (unpaired) electrons. The number of β-amino-alcohol motifs (C(OH)–C–C–N with tert-alkyl or cyclic N) is 1. The SMILES string of the molecule is CCN(C(=O)CN1CC(O)(CC)C1)C1=CCCCC1. The van der Waals surface area contributed by atoms with Crippen molar-refractivity contribution in [3.05, 3.63) is 11.8 Å². The van der Waals surface area contributed by atoms with E-state index in [1.807, 2.05) is 23.6 Å². The number of nitrogens with zero attached hydrogens (tertiary/aromatic N) is 2. The molecule has 0 saturated carbocycles. The summed E-state index contributed by atoms with van der Waals surface area (Å²) in [5, 5.41) is 9.97. The van der Waals surface area contributed by atoms with Gasteiger partial charge >= 0.3 is 0 Å². The zero-order chi connectivity index (χ0) is 13.9. The molecule has 4 nitrogen and oxygen atoms in total. The molecule has 1 heterocycles. The van der Waals surface area contributed by atoms with E-state index in [9.17, 15) is 9.90 Å². The Balaban J connectivity index is 1.86. The van der Waals surface area contributed by atoms with E-state index >= 15 is 0 Å². The summed E-state index contributed by atoms with van der Waals surface area (Å²) in [6.07, 6.45) is 7.53. The molecular formula is C15H26N2O2. The number of allylic oxidation sites excluding steroid dienone is 2. The molecule has 1 aliphatic carbocycles. The molecule has 0 bridgehead atoms. The molecule has 1 saturated heterocycles. The van der Waals surface area contributed by atoms with Crippen LogP contribution in [-0.4, -0.2) is 52.6 Å². The maximum absolute atomic E-state index is 12.3. The molecule has 0 unspecified atom stereocenters. The molecule has 1 aliphatic heterocycles. The van der Waals surface area contributed by atoms with Crippen LogP contribution in [0.15, 0.2) is 11.8 Å². The Hall–Kier alpha value is -0.870. The van der Waals surface area contributed by atoms with Gasteiger partial charge in [0.25, 0.3) is 0 Å². The van der Waals surface area contributed by atoms with E-state index in [0.717, 1.165) is 25.8 Å². The maximum Gasteiger partial charge on any atom is 0.240 e. The lowest BCUT2D eigenvalue weighted by molar-refractivity contribution is -0.140. The van der Waals surface area contributed by atoms with Gasteiger partial charge in [0.1, 0.15) is 0 Å². The Bertz CT molecular complexity index is 359. The summed E-state index contributed by atoms with van der Waals surface area (Å²) in [6, 6.07) is 0. The van der Waals surface area contributed by atoms with Gasteiger partial charge < -0.3 is 10.0 Å². The van der Waals surface area contributed by atoms with E-state index in [1.54, 1.807) is 0 Å². The van der Waals surface area contributed by atoms with Gasteiger partial charge in [0.2, 0.25) is 5.91 Å². The summed E-state index contributed by atoms with van der Waals surface area (Å²) in [6.45, 7) is 6.47. The average Bonchev–Trinajstić information content (AvgIpc) is 2.39. The van der Waals surface area contributed by atoms with Crippen molar-refractivity contribution < 1.29 is 9.90 Å². The lowest BCUT2D eigenvalue weighted by Crippen LogP contribution is -2.63. The van der Waals surface area contributed by atoms with Gasteiger partial charge in [0, 0.05) is 25.3 Å². The van der Waals surface area contributed by atoms with Gasteiger partial charge in [0.05, 0.1) is 12.1 Å². The molecule has 2 aliphatic rings. The lowest BCUT2D eigenvalue weighted by Gasteiger charge is -2.46. The minimum absolute atomic E-state index is 0.175. The number of hydrogen-bond acceptors (Lipinski definition) is 3. The number of rotatable bonds is 5. The minimum Gasteiger partial charge on any atom is -0.387 e. The summed E-state index contributed by atoms with van der Waals surface area (Å²) in [4.78, 5) is 16.3. The summed E-state index contributed by atoms with van der Waals surface area (Å²) in [5.74, 6) is 0.175. The van der Waals surface area contributed by atoms with Crippen LogP contribution in [0, 0.1) is 0 Å². The first kappa shape index (κ1) is 14.5. The van der Waals surface area contributed by atoms with Crippen molar-refractivity contribution in [2.75, 3.05) is 26.2 Å². The summed E-state index contributed by atoms with van der Waals surface area (Å²) >= 11 is 0. The Morgan fingerprint density at radius 3 is 2.68 bits per heavy atom. The Kier molecular flexibility index (Phi) is 4.63. The van der Waals surface area contributed by atoms with E-state index in [0.29, 0.717) is 19.6 Å². The predicted molar refractivity (Wildman–Crippen MR) is 75.6 cm³/mol. The first-order valence-electron chi connectivity index (χ1n) is 7.52. The molecule has 0 atom stereocenters. The van der Waals surface area contributed by atoms with Crippen molar-refractivity contribution in [2.24, 2.45) is 0 Å². The minimum atomic E-state index is -0.554. The Morgan fingerprint density at radius 2 is 2.16 bits per heavy atom. The van der Waals surface area contributed by atoms with Crippen molar-refractivity contribution in [3.63, 3.8) is 0 Å². The van der Waals surface area contributed by atoms with Crippen molar-refractivity contribution in [1.82, 2.24) is 9.80 Å². The van der Waals surface area contributed by atoms with E-state index in [2.05, 4.69) is 6.08 Å². The molecule has 108 valence electrons. The smallest absolute Gasteiger partial charge is 0.240 e. The van der Waals surface area contributed by atoms with Crippen LogP contribution >= 0.6 is 0 Å². The zero-order valence-electron chi connectivity index (χ0n) is 12.2. The van der Waals surface area contributed by atoms with Gasteiger partial charge in [-0.1, -0.05) is 13.0 Å². The van der Waals surface area contributed by atoms with Gasteiger partial charge in [-0.25, -0.2) is 0 Å². The largest absolute Gasteiger partial charge is 0.387 e. The molecule has 0 spiro atoms. The highest BCUT2D eigenvalue weighted by Crippen LogP contribution is 2.25. The van der Waals surface area contributed by atoms with Gasteiger partial charge in [-0.3, -0.25) is 9.69 Å². The Labute approximate surface area is 116 Å². The second kappa shape index (κ2) is 6.06. The Morgan fingerprint density at radius 1 is 1.42 bits per heavy atom. The van der Waals surface area contributed by atoms with Gasteiger partial charge in [-0.05, 0) is 39.0 Å². The van der Waals surface area contributed by atoms with Crippen molar-refractivity contribution in [1.29, 1.82) is 0 Å². The van der Waals surface area contributed by atoms with E-state index in [1.165, 1.54) is 18.5 Å². The van der Waals surface area contributed by atoms with Crippen LogP contribution in [0.4, 0.5) is 0 Å². The maximum atomic E-state index is 12.3. The topological polar surface area (TPSA) is 43.8 Å². The van der Waals surface area contributed by atoms with Gasteiger partial charge in [-0.2, -0.15) is 0 Å². The molecule has 1 fully saturated rings. The highest BCUT2D eigenvalue weighted by atomic mass is 16.3. The van der Waals surface area contributed by atoms with Crippen LogP contribution in [0.1, 0.15) is 46.0 Å². The summed E-state index contributed by atoms with van der Waals surface area (Å²) < 4.78 is 0. The van der Waals surface area contributed by atoms with Crippen molar-refractivity contribution in [3.8, 4) is 0 Å². The quantitative estimate of drug-likeness (QED) is 0.824. The highest BCUT2D eigenvalue weighted by Gasteiger charge is 2.40. The average molecular weight is 266 g/mol. The molecule has 4 heteroatoms. The van der Waals surface area contributed by atoms with Crippen LogP contribution < -0.4 is 0 Å². The monoisotopic (exact) mass is 266 g/mol. The van der Waals surface area contributed by atoms with Crippen LogP contribution in [-0.2, 0) is 4.79 Å². The predicted octanol–water partition coefficient (Wildman–Crippen LogP) is 1.75. The van der Waals surface area contributed by atoms with E-state index in [-0.39, 0.29) is 5.91 Å². The lowest BCUT2D eigenvalue weighted by atomic mass is 9.91. The number of likely N-dealkylation sites (tertiary alicyclic amines) is 1. The molecule has 0 aromatic rings. The fraction of sp³-hybridized carbons (Fsp3) is 0.800. The number of likely N-dealkylation sites (N-methyl/N-ethyl adjacent to an activating group) is 1. The summed E-state index contributed by atoms with van der Waals surface area (Å²) in [5.41, 5.74) is 0.645. The molecule has 0 aromatic heterocycles. The number of hydrogen-bond donors (Lipinski definition) is 1. The summed E-state index contributed by atoms with van der Waals surface area (Å²) in [7, 11) is 0. The highest BCUT2D eigenvalue weighted by molar-refractivity contribution is 5.80. The first-order chi connectivity index (χ1) is 9.08. The second-order valence-corrected chi connectivity index (χ2v) is 5.80. The molecule has 1 amide bonds. The number of aliphatic hydroxyl groups is 1. The third kappa shape index (κ3) is 3.37. The number of amides is 1. The van der Waals surface area contributed by atoms with Gasteiger partial charge in [-0.15, -0.1) is 0 Å². The molecule has 1 N–H and O–H groups in total. The van der Waals surface area contributed by atoms with Crippen LogP contribution in [0.25, 0.3) is 0 Å². The van der Waals surface area contributed by atoms with E-state index < -0.39 is 5.60 Å². The second-order valence-electron chi connectivity index (χ2n) is 5.80. The standard InChI is InChI=1S/C15H26N2O2/c1-3-15(19)11-16(12-15)10-14(18)17(4-2)13-8-6-5-7-9-13/h8,19H,3-7,9-12H2,1-2H3. The van der Waals surface area contributed by atoms with Crippen LogP contribution in [0.3, 0.4) is 0 Å². The fourth-order valence-corrected chi connectivity index (χ4v) is 3.00. The normalized spacial score (nSPS) is 22.6. The van der Waals surface area contributed by atoms with Crippen LogP contribution in [0.2, 0.25) is 0 Å². The first-order valence-corrected chi connectivity index (χ1v) is 7.52. The molecule has 2 rings (SSSR count). The number of carbonyl (C=O) groups excluding carboxylic acids is 1. The van der Waals surface area contributed by atoms with Crippen molar-refractivity contribution in [2.45, 2.75) is 51.6 Å².